The maximum atomic E-state index is 12.8. The summed E-state index contributed by atoms with van der Waals surface area (Å²) >= 11 is 0. The molecule has 5 nitrogen and oxygen atoms in total. The molecule has 0 aliphatic heterocycles. The third kappa shape index (κ3) is 2.86. The fourth-order valence-corrected chi connectivity index (χ4v) is 3.67. The molecule has 0 atom stereocenters. The van der Waals surface area contributed by atoms with Gasteiger partial charge in [0.1, 0.15) is 0 Å². The summed E-state index contributed by atoms with van der Waals surface area (Å²) in [4.78, 5) is 25.0. The summed E-state index contributed by atoms with van der Waals surface area (Å²) in [5, 5.41) is 1.13. The molecule has 2 aromatic carbocycles. The molecule has 0 spiro atoms. The molecule has 132 valence electrons. The van der Waals surface area contributed by atoms with E-state index in [1.807, 2.05) is 18.2 Å². The molecule has 26 heavy (non-hydrogen) atoms. The van der Waals surface area contributed by atoms with Crippen molar-refractivity contribution in [3.8, 4) is 0 Å². The summed E-state index contributed by atoms with van der Waals surface area (Å²) in [5.74, 6) is -0.739. The fourth-order valence-electron chi connectivity index (χ4n) is 3.67. The van der Waals surface area contributed by atoms with Crippen molar-refractivity contribution >= 4 is 28.5 Å². The number of nitrogens with zero attached hydrogens (tertiary/aromatic N) is 1. The van der Waals surface area contributed by atoms with Crippen molar-refractivity contribution in [3.05, 3.63) is 65.4 Å². The number of nitrogens with two attached hydrogens (primary N) is 1. The first-order valence-electron chi connectivity index (χ1n) is 8.82. The van der Waals surface area contributed by atoms with Crippen molar-refractivity contribution in [1.29, 1.82) is 0 Å². The number of aryl methyl sites for hydroxylation is 1. The van der Waals surface area contributed by atoms with Crippen molar-refractivity contribution in [2.24, 2.45) is 0 Å². The van der Waals surface area contributed by atoms with Gasteiger partial charge in [-0.25, -0.2) is 4.79 Å². The van der Waals surface area contributed by atoms with Gasteiger partial charge >= 0.3 is 5.97 Å². The van der Waals surface area contributed by atoms with Crippen LogP contribution in [0.2, 0.25) is 0 Å². The van der Waals surface area contributed by atoms with E-state index in [0.717, 1.165) is 42.3 Å². The van der Waals surface area contributed by atoms with E-state index in [-0.39, 0.29) is 12.5 Å². The van der Waals surface area contributed by atoms with E-state index in [9.17, 15) is 9.59 Å². The second kappa shape index (κ2) is 6.67. The van der Waals surface area contributed by atoms with Gasteiger partial charge in [0, 0.05) is 16.8 Å². The molecule has 1 heterocycles. The Bertz CT molecular complexity index is 986. The maximum absolute atomic E-state index is 12.8. The molecule has 5 heteroatoms. The van der Waals surface area contributed by atoms with Crippen LogP contribution < -0.4 is 5.73 Å². The molecule has 0 saturated heterocycles. The number of fused-ring (bicyclic) bond motifs is 3. The number of hydrogen-bond donors (Lipinski definition) is 1. The highest BCUT2D eigenvalue weighted by atomic mass is 16.5. The highest BCUT2D eigenvalue weighted by Crippen LogP contribution is 2.32. The molecule has 1 aromatic heterocycles. The van der Waals surface area contributed by atoms with Gasteiger partial charge in [0.2, 0.25) is 0 Å². The highest BCUT2D eigenvalue weighted by molar-refractivity contribution is 5.98. The van der Waals surface area contributed by atoms with Crippen LogP contribution in [0.5, 0.6) is 0 Å². The Kier molecular flexibility index (Phi) is 4.21. The van der Waals surface area contributed by atoms with Gasteiger partial charge in [-0.1, -0.05) is 18.2 Å². The first kappa shape index (κ1) is 16.4. The summed E-state index contributed by atoms with van der Waals surface area (Å²) in [6.07, 6.45) is 4.08. The number of aromatic nitrogens is 1. The van der Waals surface area contributed by atoms with E-state index in [1.54, 1.807) is 28.8 Å². The van der Waals surface area contributed by atoms with E-state index >= 15 is 0 Å². The zero-order valence-corrected chi connectivity index (χ0v) is 14.4. The molecule has 2 N–H and O–H groups in total. The predicted molar refractivity (Wildman–Crippen MR) is 100 cm³/mol. The molecule has 0 bridgehead atoms. The molecular formula is C21H20N2O3. The number of carbonyl (C=O) groups is 2. The number of rotatable bonds is 3. The van der Waals surface area contributed by atoms with Gasteiger partial charge in [0.05, 0.1) is 11.1 Å². The third-order valence-electron chi connectivity index (χ3n) is 4.90. The average Bonchev–Trinajstić information content (AvgIpc) is 3.01. The average molecular weight is 348 g/mol. The van der Waals surface area contributed by atoms with Crippen LogP contribution in [0.3, 0.4) is 0 Å². The minimum Gasteiger partial charge on any atom is -0.452 e. The number of ether oxygens (including phenoxy) is 1. The molecule has 1 aliphatic carbocycles. The number of carbonyl (C=O) groups excluding carboxylic acids is 2. The van der Waals surface area contributed by atoms with Crippen LogP contribution in [0.25, 0.3) is 10.9 Å². The zero-order chi connectivity index (χ0) is 18.1. The van der Waals surface area contributed by atoms with E-state index in [2.05, 4.69) is 6.07 Å². The number of benzene rings is 2. The van der Waals surface area contributed by atoms with E-state index in [1.165, 1.54) is 5.56 Å². The standard InChI is InChI=1S/C21H20N2O3/c22-15-11-9-14(10-12-15)21(25)26-13-20(24)23-18-7-3-1-5-16(18)17-6-2-4-8-19(17)23/h1,3,5,7,9-12H,2,4,6,8,13,22H2. The lowest BCUT2D eigenvalue weighted by Crippen LogP contribution is -2.22. The third-order valence-corrected chi connectivity index (χ3v) is 4.90. The fraction of sp³-hybridized carbons (Fsp3) is 0.238. The van der Waals surface area contributed by atoms with Crippen LogP contribution in [0.1, 0.15) is 39.3 Å². The Morgan fingerprint density at radius 1 is 1.00 bits per heavy atom. The lowest BCUT2D eigenvalue weighted by atomic mass is 9.95. The summed E-state index contributed by atoms with van der Waals surface area (Å²) in [6.45, 7) is -0.283. The van der Waals surface area contributed by atoms with Crippen molar-refractivity contribution in [2.75, 3.05) is 12.3 Å². The second-order valence-electron chi connectivity index (χ2n) is 6.58. The van der Waals surface area contributed by atoms with Gasteiger partial charge in [0.25, 0.3) is 5.91 Å². The number of hydrogen-bond acceptors (Lipinski definition) is 4. The molecule has 0 saturated carbocycles. The predicted octanol–water partition coefficient (Wildman–Crippen LogP) is 3.60. The van der Waals surface area contributed by atoms with Crippen LogP contribution >= 0.6 is 0 Å². The van der Waals surface area contributed by atoms with E-state index in [0.29, 0.717) is 11.3 Å². The van der Waals surface area contributed by atoms with E-state index in [4.69, 9.17) is 10.5 Å². The van der Waals surface area contributed by atoms with Gasteiger partial charge < -0.3 is 10.5 Å². The van der Waals surface area contributed by atoms with Gasteiger partial charge in [-0.05, 0) is 61.6 Å². The maximum Gasteiger partial charge on any atom is 0.338 e. The first-order valence-corrected chi connectivity index (χ1v) is 8.82. The molecular weight excluding hydrogens is 328 g/mol. The molecule has 0 radical (unpaired) electrons. The molecule has 0 amide bonds. The number of nitrogen functional groups attached to an aromatic ring is 1. The molecule has 4 rings (SSSR count). The normalized spacial score (nSPS) is 13.4. The van der Waals surface area contributed by atoms with Crippen LogP contribution in [-0.2, 0) is 17.6 Å². The minimum atomic E-state index is -0.524. The lowest BCUT2D eigenvalue weighted by molar-refractivity contribution is 0.0449. The lowest BCUT2D eigenvalue weighted by Gasteiger charge is -2.15. The summed E-state index contributed by atoms with van der Waals surface area (Å²) in [7, 11) is 0. The van der Waals surface area contributed by atoms with Crippen LogP contribution in [-0.4, -0.2) is 23.1 Å². The Balaban J connectivity index is 1.59. The van der Waals surface area contributed by atoms with E-state index < -0.39 is 5.97 Å². The van der Waals surface area contributed by atoms with Crippen LogP contribution in [0.4, 0.5) is 5.69 Å². The molecule has 1 aliphatic rings. The number of para-hydroxylation sites is 1. The Labute approximate surface area is 151 Å². The number of anilines is 1. The summed E-state index contributed by atoms with van der Waals surface area (Å²) in [6, 6.07) is 14.4. The number of esters is 1. The minimum absolute atomic E-state index is 0.215. The van der Waals surface area contributed by atoms with Gasteiger partial charge in [-0.15, -0.1) is 0 Å². The van der Waals surface area contributed by atoms with Gasteiger partial charge in [0.15, 0.2) is 6.61 Å². The zero-order valence-electron chi connectivity index (χ0n) is 14.4. The van der Waals surface area contributed by atoms with Crippen molar-refractivity contribution in [2.45, 2.75) is 25.7 Å². The largest absolute Gasteiger partial charge is 0.452 e. The van der Waals surface area contributed by atoms with Crippen molar-refractivity contribution in [1.82, 2.24) is 4.57 Å². The first-order chi connectivity index (χ1) is 12.6. The Morgan fingerprint density at radius 2 is 1.73 bits per heavy atom. The quantitative estimate of drug-likeness (QED) is 0.580. The van der Waals surface area contributed by atoms with Crippen LogP contribution in [0.15, 0.2) is 48.5 Å². The topological polar surface area (TPSA) is 74.3 Å². The summed E-state index contributed by atoms with van der Waals surface area (Å²) in [5.41, 5.74) is 9.79. The Hall–Kier alpha value is -3.08. The summed E-state index contributed by atoms with van der Waals surface area (Å²) < 4.78 is 6.98. The monoisotopic (exact) mass is 348 g/mol. The molecule has 0 fully saturated rings. The van der Waals surface area contributed by atoms with Crippen molar-refractivity contribution in [3.63, 3.8) is 0 Å². The molecule has 3 aromatic rings. The Morgan fingerprint density at radius 3 is 2.54 bits per heavy atom. The van der Waals surface area contributed by atoms with Crippen molar-refractivity contribution < 1.29 is 14.3 Å². The smallest absolute Gasteiger partial charge is 0.338 e. The molecule has 0 unspecified atom stereocenters. The highest BCUT2D eigenvalue weighted by Gasteiger charge is 2.23. The second-order valence-corrected chi connectivity index (χ2v) is 6.58. The van der Waals surface area contributed by atoms with Crippen LogP contribution in [0, 0.1) is 0 Å². The SMILES string of the molecule is Nc1ccc(C(=O)OCC(=O)n2c3c(c4ccccc42)CCCC3)cc1. The van der Waals surface area contributed by atoms with Gasteiger partial charge in [-0.2, -0.15) is 0 Å². The van der Waals surface area contributed by atoms with Gasteiger partial charge in [-0.3, -0.25) is 9.36 Å².